The zero-order valence-corrected chi connectivity index (χ0v) is 19.7. The molecule has 2 aliphatic rings. The molecule has 0 radical (unpaired) electrons. The molecule has 3 nitrogen and oxygen atoms in total. The lowest BCUT2D eigenvalue weighted by Gasteiger charge is -2.26. The molecule has 31 heavy (non-hydrogen) atoms. The molecule has 1 fully saturated rings. The molecule has 0 bridgehead atoms. The van der Waals surface area contributed by atoms with E-state index in [1.807, 2.05) is 6.07 Å². The lowest BCUT2D eigenvalue weighted by molar-refractivity contribution is 0.621. The van der Waals surface area contributed by atoms with Crippen molar-refractivity contribution in [3.05, 3.63) is 77.5 Å². The predicted molar refractivity (Wildman–Crippen MR) is 134 cm³/mol. The zero-order chi connectivity index (χ0) is 22.1. The Hall–Kier alpha value is -2.55. The third kappa shape index (κ3) is 6.99. The number of unbranched alkanes of at least 4 members (excludes halogenated alkanes) is 3. The lowest BCUT2D eigenvalue weighted by Crippen LogP contribution is -2.30. The number of nitrogens with one attached hydrogen (secondary N) is 2. The molecule has 1 aliphatic heterocycles. The van der Waals surface area contributed by atoms with E-state index in [4.69, 9.17) is 4.99 Å². The summed E-state index contributed by atoms with van der Waals surface area (Å²) in [5.74, 6) is 2.45. The van der Waals surface area contributed by atoms with Gasteiger partial charge in [-0.15, -0.1) is 0 Å². The van der Waals surface area contributed by atoms with Gasteiger partial charge in [-0.05, 0) is 49.3 Å². The Morgan fingerprint density at radius 1 is 1.03 bits per heavy atom. The Morgan fingerprint density at radius 2 is 1.68 bits per heavy atom. The number of aliphatic imine (C=N–C) groups is 1. The highest BCUT2D eigenvalue weighted by molar-refractivity contribution is 6.05. The van der Waals surface area contributed by atoms with Crippen molar-refractivity contribution >= 4 is 11.5 Å². The molecule has 2 unspecified atom stereocenters. The van der Waals surface area contributed by atoms with Gasteiger partial charge in [0.1, 0.15) is 12.0 Å². The Morgan fingerprint density at radius 3 is 2.32 bits per heavy atom. The van der Waals surface area contributed by atoms with E-state index in [1.165, 1.54) is 49.8 Å². The largest absolute Gasteiger partial charge is 0.359 e. The maximum atomic E-state index is 4.95. The number of hydrogen-bond acceptors (Lipinski definition) is 3. The SMILES string of the molecule is C/C(=C\C(C)C1CC1)NC1=NC(c2ccccc2)Nc2ccccc21.CCCCCC. The van der Waals surface area contributed by atoms with Gasteiger partial charge in [-0.2, -0.15) is 0 Å². The number of allylic oxidation sites excluding steroid dienone is 2. The highest BCUT2D eigenvalue weighted by Gasteiger charge is 2.27. The van der Waals surface area contributed by atoms with Crippen LogP contribution >= 0.6 is 0 Å². The molecule has 0 aromatic heterocycles. The van der Waals surface area contributed by atoms with Gasteiger partial charge in [-0.3, -0.25) is 0 Å². The summed E-state index contributed by atoms with van der Waals surface area (Å²) < 4.78 is 0. The summed E-state index contributed by atoms with van der Waals surface area (Å²) in [6.45, 7) is 8.92. The fourth-order valence-corrected chi connectivity index (χ4v) is 3.97. The van der Waals surface area contributed by atoms with Crippen molar-refractivity contribution in [3.8, 4) is 0 Å². The Kier molecular flexibility index (Phi) is 8.75. The molecule has 1 saturated carbocycles. The summed E-state index contributed by atoms with van der Waals surface area (Å²) in [6.07, 6.45) is 10.6. The van der Waals surface area contributed by atoms with Crippen LogP contribution in [-0.4, -0.2) is 5.84 Å². The van der Waals surface area contributed by atoms with Crippen LogP contribution in [0.4, 0.5) is 5.69 Å². The van der Waals surface area contributed by atoms with Gasteiger partial charge in [-0.25, -0.2) is 4.99 Å². The van der Waals surface area contributed by atoms with Gasteiger partial charge >= 0.3 is 0 Å². The first-order chi connectivity index (χ1) is 15.1. The summed E-state index contributed by atoms with van der Waals surface area (Å²) in [6, 6.07) is 18.7. The quantitative estimate of drug-likeness (QED) is 0.453. The second-order valence-corrected chi connectivity index (χ2v) is 8.86. The van der Waals surface area contributed by atoms with E-state index in [2.05, 4.69) is 92.9 Å². The van der Waals surface area contributed by atoms with Crippen LogP contribution in [0, 0.1) is 11.8 Å². The number of anilines is 1. The Balaban J connectivity index is 0.000000401. The molecular weight excluding hydrogens is 378 g/mol. The average Bonchev–Trinajstić information content (AvgIpc) is 3.64. The summed E-state index contributed by atoms with van der Waals surface area (Å²) in [5, 5.41) is 7.10. The molecule has 4 rings (SSSR count). The fraction of sp³-hybridized carbons (Fsp3) is 0.464. The zero-order valence-electron chi connectivity index (χ0n) is 19.7. The molecule has 2 atom stereocenters. The van der Waals surface area contributed by atoms with Crippen LogP contribution < -0.4 is 10.6 Å². The molecule has 2 aromatic carbocycles. The van der Waals surface area contributed by atoms with Crippen molar-refractivity contribution in [1.82, 2.24) is 5.32 Å². The highest BCUT2D eigenvalue weighted by Crippen LogP contribution is 2.37. The minimum absolute atomic E-state index is 0.0627. The second-order valence-electron chi connectivity index (χ2n) is 8.86. The smallest absolute Gasteiger partial charge is 0.147 e. The number of fused-ring (bicyclic) bond motifs is 1. The molecule has 0 saturated heterocycles. The number of hydrogen-bond donors (Lipinski definition) is 2. The van der Waals surface area contributed by atoms with Crippen LogP contribution in [0.3, 0.4) is 0 Å². The van der Waals surface area contributed by atoms with E-state index in [0.717, 1.165) is 23.0 Å². The van der Waals surface area contributed by atoms with Gasteiger partial charge in [-0.1, -0.05) is 95.0 Å². The Labute approximate surface area is 189 Å². The second kappa shape index (κ2) is 11.7. The lowest BCUT2D eigenvalue weighted by atomic mass is 10.0. The summed E-state index contributed by atoms with van der Waals surface area (Å²) in [7, 11) is 0. The van der Waals surface area contributed by atoms with E-state index in [0.29, 0.717) is 5.92 Å². The maximum Gasteiger partial charge on any atom is 0.147 e. The summed E-state index contributed by atoms with van der Waals surface area (Å²) in [5.41, 5.74) is 4.60. The van der Waals surface area contributed by atoms with Crippen molar-refractivity contribution < 1.29 is 0 Å². The van der Waals surface area contributed by atoms with Crippen LogP contribution in [0.2, 0.25) is 0 Å². The van der Waals surface area contributed by atoms with Gasteiger partial charge in [0.15, 0.2) is 0 Å². The van der Waals surface area contributed by atoms with Crippen LogP contribution in [-0.2, 0) is 0 Å². The van der Waals surface area contributed by atoms with Crippen LogP contribution in [0.15, 0.2) is 71.4 Å². The van der Waals surface area contributed by atoms with Gasteiger partial charge in [0.05, 0.1) is 0 Å². The molecule has 166 valence electrons. The van der Waals surface area contributed by atoms with Crippen molar-refractivity contribution in [2.45, 2.75) is 72.4 Å². The highest BCUT2D eigenvalue weighted by atomic mass is 15.2. The molecule has 2 N–H and O–H groups in total. The number of amidine groups is 1. The molecule has 3 heteroatoms. The normalized spacial score (nSPS) is 18.6. The van der Waals surface area contributed by atoms with Gasteiger partial charge in [0, 0.05) is 16.9 Å². The third-order valence-electron chi connectivity index (χ3n) is 6.00. The summed E-state index contributed by atoms with van der Waals surface area (Å²) in [4.78, 5) is 4.95. The minimum atomic E-state index is -0.0627. The maximum absolute atomic E-state index is 4.95. The van der Waals surface area contributed by atoms with Gasteiger partial charge in [0.25, 0.3) is 0 Å². The van der Waals surface area contributed by atoms with Crippen LogP contribution in [0.1, 0.15) is 83.5 Å². The Bertz CT molecular complexity index is 861. The number of para-hydroxylation sites is 1. The third-order valence-corrected chi connectivity index (χ3v) is 6.00. The molecule has 0 spiro atoms. The monoisotopic (exact) mass is 417 g/mol. The van der Waals surface area contributed by atoms with Gasteiger partial charge < -0.3 is 10.6 Å². The average molecular weight is 418 g/mol. The van der Waals surface area contributed by atoms with Crippen LogP contribution in [0.5, 0.6) is 0 Å². The van der Waals surface area contributed by atoms with E-state index in [9.17, 15) is 0 Å². The fourth-order valence-electron chi connectivity index (χ4n) is 3.97. The molecule has 1 aliphatic carbocycles. The first-order valence-electron chi connectivity index (χ1n) is 12.1. The first-order valence-corrected chi connectivity index (χ1v) is 12.1. The number of rotatable bonds is 7. The number of benzene rings is 2. The van der Waals surface area contributed by atoms with E-state index in [-0.39, 0.29) is 6.17 Å². The standard InChI is InChI=1S/C22H25N3.C6H14/c1-15(17-12-13-17)14-16(2)23-22-19-10-6-7-11-20(19)24-21(25-22)18-8-4-3-5-9-18;1-3-5-6-4-2/h3-11,14-15,17,21,24H,12-13H2,1-2H3,(H,23,25);3-6H2,1-2H3/b16-14+;. The first kappa shape index (κ1) is 23.1. The molecule has 0 amide bonds. The molecular formula is C28H39N3. The van der Waals surface area contributed by atoms with E-state index in [1.54, 1.807) is 0 Å². The van der Waals surface area contributed by atoms with Gasteiger partial charge in [0.2, 0.25) is 0 Å². The van der Waals surface area contributed by atoms with E-state index < -0.39 is 0 Å². The van der Waals surface area contributed by atoms with Crippen molar-refractivity contribution in [2.24, 2.45) is 16.8 Å². The minimum Gasteiger partial charge on any atom is -0.359 e. The van der Waals surface area contributed by atoms with Crippen molar-refractivity contribution in [1.29, 1.82) is 0 Å². The summed E-state index contributed by atoms with van der Waals surface area (Å²) >= 11 is 0. The van der Waals surface area contributed by atoms with Crippen molar-refractivity contribution in [3.63, 3.8) is 0 Å². The predicted octanol–water partition coefficient (Wildman–Crippen LogP) is 7.68. The van der Waals surface area contributed by atoms with Crippen molar-refractivity contribution in [2.75, 3.05) is 5.32 Å². The number of nitrogens with zero attached hydrogens (tertiary/aromatic N) is 1. The van der Waals surface area contributed by atoms with Crippen LogP contribution in [0.25, 0.3) is 0 Å². The van der Waals surface area contributed by atoms with E-state index >= 15 is 0 Å². The topological polar surface area (TPSA) is 36.4 Å². The molecule has 2 aromatic rings. The molecule has 1 heterocycles.